The van der Waals surface area contributed by atoms with E-state index in [1.807, 2.05) is 0 Å². The van der Waals surface area contributed by atoms with E-state index in [1.165, 1.54) is 5.57 Å². The van der Waals surface area contributed by atoms with Gasteiger partial charge in [0, 0.05) is 17.9 Å². The van der Waals surface area contributed by atoms with E-state index in [-0.39, 0.29) is 16.8 Å². The largest absolute Gasteiger partial charge is 0.458 e. The molecule has 0 saturated heterocycles. The van der Waals surface area contributed by atoms with E-state index in [4.69, 9.17) is 4.74 Å². The van der Waals surface area contributed by atoms with Crippen molar-refractivity contribution < 1.29 is 14.3 Å². The summed E-state index contributed by atoms with van der Waals surface area (Å²) in [5.74, 6) is 1.08. The maximum atomic E-state index is 12.4. The molecule has 0 N–H and O–H groups in total. The van der Waals surface area contributed by atoms with Crippen molar-refractivity contribution in [2.75, 3.05) is 6.61 Å². The van der Waals surface area contributed by atoms with Crippen molar-refractivity contribution in [3.8, 4) is 0 Å². The third-order valence-electron chi connectivity index (χ3n) is 6.80. The Morgan fingerprint density at radius 3 is 2.65 bits per heavy atom. The van der Waals surface area contributed by atoms with Gasteiger partial charge in [-0.2, -0.15) is 0 Å². The Labute approximate surface area is 139 Å². The molecule has 0 aromatic rings. The molecule has 3 nitrogen and oxygen atoms in total. The summed E-state index contributed by atoms with van der Waals surface area (Å²) in [6.07, 6.45) is 7.31. The quantitative estimate of drug-likeness (QED) is 0.578. The van der Waals surface area contributed by atoms with Crippen LogP contribution in [0.15, 0.2) is 23.8 Å². The molecule has 3 rings (SSSR count). The predicted molar refractivity (Wildman–Crippen MR) is 89.8 cm³/mol. The molecule has 3 atom stereocenters. The lowest BCUT2D eigenvalue weighted by Gasteiger charge is -2.57. The first kappa shape index (κ1) is 16.5. The average Bonchev–Trinajstić information content (AvgIpc) is 2.88. The zero-order valence-electron chi connectivity index (χ0n) is 14.6. The van der Waals surface area contributed by atoms with E-state index >= 15 is 0 Å². The number of cyclic esters (lactones) is 1. The van der Waals surface area contributed by atoms with Crippen molar-refractivity contribution in [3.05, 3.63) is 23.8 Å². The van der Waals surface area contributed by atoms with E-state index in [9.17, 15) is 9.59 Å². The predicted octanol–water partition coefficient (Wildman–Crippen LogP) is 4.23. The number of hydrogen-bond donors (Lipinski definition) is 0. The molecule has 2 aliphatic carbocycles. The number of Topliss-reactive ketones (excluding diaryl/α,β-unsaturated/α-hetero) is 1. The summed E-state index contributed by atoms with van der Waals surface area (Å²) in [6, 6.07) is 0. The van der Waals surface area contributed by atoms with Crippen LogP contribution in [-0.4, -0.2) is 18.4 Å². The molecule has 3 heteroatoms. The van der Waals surface area contributed by atoms with E-state index in [0.717, 1.165) is 37.7 Å². The van der Waals surface area contributed by atoms with Crippen molar-refractivity contribution >= 4 is 11.8 Å². The van der Waals surface area contributed by atoms with Gasteiger partial charge >= 0.3 is 5.97 Å². The molecule has 0 aromatic carbocycles. The summed E-state index contributed by atoms with van der Waals surface area (Å²) in [6.45, 7) is 11.4. The molecule has 126 valence electrons. The molecular weight excluding hydrogens is 288 g/mol. The van der Waals surface area contributed by atoms with Crippen LogP contribution in [0.4, 0.5) is 0 Å². The second-order valence-electron chi connectivity index (χ2n) is 8.40. The van der Waals surface area contributed by atoms with Gasteiger partial charge < -0.3 is 4.74 Å². The fourth-order valence-electron chi connectivity index (χ4n) is 5.40. The first-order valence-corrected chi connectivity index (χ1v) is 8.82. The van der Waals surface area contributed by atoms with Gasteiger partial charge in [-0.1, -0.05) is 32.9 Å². The van der Waals surface area contributed by atoms with Gasteiger partial charge in [-0.25, -0.2) is 4.79 Å². The highest BCUT2D eigenvalue weighted by Crippen LogP contribution is 2.60. The monoisotopic (exact) mass is 316 g/mol. The van der Waals surface area contributed by atoms with Gasteiger partial charge in [0.1, 0.15) is 12.4 Å². The molecule has 1 aliphatic heterocycles. The summed E-state index contributed by atoms with van der Waals surface area (Å²) in [5, 5.41) is 0. The van der Waals surface area contributed by atoms with Gasteiger partial charge in [0.05, 0.1) is 0 Å². The number of allylic oxidation sites excluding steroid dienone is 1. The summed E-state index contributed by atoms with van der Waals surface area (Å²) in [7, 11) is 0. The van der Waals surface area contributed by atoms with Crippen molar-refractivity contribution in [1.29, 1.82) is 0 Å². The van der Waals surface area contributed by atoms with Crippen molar-refractivity contribution in [2.45, 2.75) is 59.3 Å². The minimum absolute atomic E-state index is 0.150. The molecule has 23 heavy (non-hydrogen) atoms. The van der Waals surface area contributed by atoms with Gasteiger partial charge in [0.2, 0.25) is 0 Å². The molecule has 3 aliphatic rings. The van der Waals surface area contributed by atoms with Crippen LogP contribution in [0.2, 0.25) is 0 Å². The molecule has 0 amide bonds. The number of ether oxygens (including phenoxy) is 1. The highest BCUT2D eigenvalue weighted by Gasteiger charge is 2.55. The number of carbonyl (C=O) groups excluding carboxylic acids is 2. The normalized spacial score (nSPS) is 36.5. The van der Waals surface area contributed by atoms with Gasteiger partial charge in [0.15, 0.2) is 0 Å². The zero-order chi connectivity index (χ0) is 16.8. The lowest BCUT2D eigenvalue weighted by molar-refractivity contribution is -0.144. The maximum absolute atomic E-state index is 12.4. The number of hydrogen-bond acceptors (Lipinski definition) is 3. The van der Waals surface area contributed by atoms with Crippen molar-refractivity contribution in [3.63, 3.8) is 0 Å². The van der Waals surface area contributed by atoms with Crippen LogP contribution in [-0.2, 0) is 14.3 Å². The highest BCUT2D eigenvalue weighted by molar-refractivity contribution is 5.86. The van der Waals surface area contributed by atoms with E-state index in [1.54, 1.807) is 6.08 Å². The Bertz CT molecular complexity index is 584. The number of ketones is 1. The SMILES string of the molecule is C=C1CCC2C(C)(C)C(=O)CCC2(C)C1CCC1=CC(=O)OC1. The van der Waals surface area contributed by atoms with Gasteiger partial charge in [0.25, 0.3) is 0 Å². The summed E-state index contributed by atoms with van der Waals surface area (Å²) < 4.78 is 5.01. The standard InChI is InChI=1S/C20H28O3/c1-13-5-8-16-19(2,3)17(21)9-10-20(16,4)15(13)7-6-14-11-18(22)23-12-14/h11,15-16H,1,5-10,12H2,2-4H3. The molecule has 1 heterocycles. The lowest BCUT2D eigenvalue weighted by Crippen LogP contribution is -2.53. The van der Waals surface area contributed by atoms with Crippen LogP contribution in [0.3, 0.4) is 0 Å². The summed E-state index contributed by atoms with van der Waals surface area (Å²) in [4.78, 5) is 23.6. The molecule has 0 spiro atoms. The Morgan fingerprint density at radius 2 is 2.00 bits per heavy atom. The summed E-state index contributed by atoms with van der Waals surface area (Å²) >= 11 is 0. The zero-order valence-corrected chi connectivity index (χ0v) is 14.6. The maximum Gasteiger partial charge on any atom is 0.331 e. The van der Waals surface area contributed by atoms with Crippen LogP contribution in [0.1, 0.15) is 59.3 Å². The Balaban J connectivity index is 1.80. The Morgan fingerprint density at radius 1 is 1.26 bits per heavy atom. The van der Waals surface area contributed by atoms with Crippen LogP contribution < -0.4 is 0 Å². The molecule has 3 unspecified atom stereocenters. The number of rotatable bonds is 3. The smallest absolute Gasteiger partial charge is 0.331 e. The first-order chi connectivity index (χ1) is 10.7. The van der Waals surface area contributed by atoms with Gasteiger partial charge in [-0.15, -0.1) is 0 Å². The molecular formula is C20H28O3. The number of carbonyl (C=O) groups is 2. The molecule has 0 bridgehead atoms. The lowest BCUT2D eigenvalue weighted by atomic mass is 9.47. The first-order valence-electron chi connectivity index (χ1n) is 8.82. The topological polar surface area (TPSA) is 43.4 Å². The molecule has 0 aromatic heterocycles. The second-order valence-corrected chi connectivity index (χ2v) is 8.40. The molecule has 2 saturated carbocycles. The third kappa shape index (κ3) is 2.68. The minimum atomic E-state index is -0.225. The van der Waals surface area contributed by atoms with E-state index < -0.39 is 0 Å². The summed E-state index contributed by atoms with van der Waals surface area (Å²) in [5.41, 5.74) is 2.36. The second kappa shape index (κ2) is 5.61. The van der Waals surface area contributed by atoms with Gasteiger partial charge in [-0.3, -0.25) is 4.79 Å². The Kier molecular flexibility index (Phi) is 4.02. The van der Waals surface area contributed by atoms with Crippen molar-refractivity contribution in [1.82, 2.24) is 0 Å². The fourth-order valence-corrected chi connectivity index (χ4v) is 5.40. The fraction of sp³-hybridized carbons (Fsp3) is 0.700. The van der Waals surface area contributed by atoms with Crippen LogP contribution in [0.25, 0.3) is 0 Å². The number of esters is 1. The van der Waals surface area contributed by atoms with Crippen LogP contribution in [0, 0.1) is 22.7 Å². The van der Waals surface area contributed by atoms with E-state index in [2.05, 4.69) is 27.4 Å². The molecule has 0 radical (unpaired) electrons. The third-order valence-corrected chi connectivity index (χ3v) is 6.80. The van der Waals surface area contributed by atoms with Crippen molar-refractivity contribution in [2.24, 2.45) is 22.7 Å². The Hall–Kier alpha value is -1.38. The van der Waals surface area contributed by atoms with E-state index in [0.29, 0.717) is 30.6 Å². The number of fused-ring (bicyclic) bond motifs is 1. The van der Waals surface area contributed by atoms with Crippen LogP contribution >= 0.6 is 0 Å². The van der Waals surface area contributed by atoms with Crippen LogP contribution in [0.5, 0.6) is 0 Å². The average molecular weight is 316 g/mol. The molecule has 2 fully saturated rings. The van der Waals surface area contributed by atoms with Gasteiger partial charge in [-0.05, 0) is 54.9 Å². The minimum Gasteiger partial charge on any atom is -0.458 e. The highest BCUT2D eigenvalue weighted by atomic mass is 16.5.